The van der Waals surface area contributed by atoms with Crippen LogP contribution in [0, 0.1) is 0 Å². The van der Waals surface area contributed by atoms with Gasteiger partial charge >= 0.3 is 0 Å². The van der Waals surface area contributed by atoms with Crippen LogP contribution in [0.15, 0.2) is 29.3 Å². The minimum Gasteiger partial charge on any atom is -0.383 e. The lowest BCUT2D eigenvalue weighted by molar-refractivity contribution is -0.127. The standard InChI is InChI=1S/C15H23ClN4O2/c1-20(2)14(21)11-19-15(17-7-8-22-3)18-10-12-5-4-6-13(16)9-12/h4-6,9H,7-8,10-11H2,1-3H3,(H2,17,18,19). The highest BCUT2D eigenvalue weighted by atomic mass is 35.5. The highest BCUT2D eigenvalue weighted by Gasteiger charge is 2.05. The number of carbonyl (C=O) groups is 1. The summed E-state index contributed by atoms with van der Waals surface area (Å²) in [6.45, 7) is 1.81. The number of aliphatic imine (C=N–C) groups is 1. The summed E-state index contributed by atoms with van der Waals surface area (Å²) in [5, 5.41) is 6.79. The lowest BCUT2D eigenvalue weighted by Gasteiger charge is -2.14. The number of likely N-dealkylation sites (N-methyl/N-ethyl adjacent to an activating group) is 1. The van der Waals surface area contributed by atoms with Crippen LogP contribution in [0.1, 0.15) is 5.56 Å². The molecule has 0 saturated carbocycles. The molecule has 0 bridgehead atoms. The van der Waals surface area contributed by atoms with E-state index in [1.807, 2.05) is 24.3 Å². The van der Waals surface area contributed by atoms with Crippen LogP contribution in [0.2, 0.25) is 5.02 Å². The zero-order valence-corrected chi connectivity index (χ0v) is 14.0. The van der Waals surface area contributed by atoms with Gasteiger partial charge in [-0.25, -0.2) is 4.99 Å². The summed E-state index contributed by atoms with van der Waals surface area (Å²) in [5.41, 5.74) is 0.999. The SMILES string of the molecule is COCCNC(=NCc1cccc(Cl)c1)NCC(=O)N(C)C. The molecule has 0 saturated heterocycles. The molecule has 22 heavy (non-hydrogen) atoms. The number of halogens is 1. The molecule has 0 aliphatic rings. The molecule has 1 aromatic carbocycles. The third-order valence-electron chi connectivity index (χ3n) is 2.81. The van der Waals surface area contributed by atoms with Crippen molar-refractivity contribution in [2.75, 3.05) is 40.9 Å². The van der Waals surface area contributed by atoms with Gasteiger partial charge in [0.05, 0.1) is 19.7 Å². The summed E-state index contributed by atoms with van der Waals surface area (Å²) in [7, 11) is 5.06. The molecule has 7 heteroatoms. The number of methoxy groups -OCH3 is 1. The van der Waals surface area contributed by atoms with Crippen molar-refractivity contribution < 1.29 is 9.53 Å². The zero-order valence-electron chi connectivity index (χ0n) is 13.2. The Morgan fingerprint density at radius 3 is 2.77 bits per heavy atom. The molecule has 1 rings (SSSR count). The molecule has 122 valence electrons. The van der Waals surface area contributed by atoms with Crippen LogP contribution in [0.25, 0.3) is 0 Å². The minimum atomic E-state index is -0.0241. The van der Waals surface area contributed by atoms with Crippen molar-refractivity contribution in [3.8, 4) is 0 Å². The number of amides is 1. The maximum atomic E-state index is 11.6. The maximum Gasteiger partial charge on any atom is 0.241 e. The molecule has 1 aromatic rings. The molecule has 0 spiro atoms. The van der Waals surface area contributed by atoms with E-state index in [1.54, 1.807) is 21.2 Å². The fourth-order valence-corrected chi connectivity index (χ4v) is 1.78. The quantitative estimate of drug-likeness (QED) is 0.447. The van der Waals surface area contributed by atoms with Gasteiger partial charge in [-0.05, 0) is 17.7 Å². The highest BCUT2D eigenvalue weighted by Crippen LogP contribution is 2.11. The molecule has 0 radical (unpaired) electrons. The largest absolute Gasteiger partial charge is 0.383 e. The van der Waals surface area contributed by atoms with Gasteiger partial charge < -0.3 is 20.3 Å². The molecular weight excluding hydrogens is 304 g/mol. The smallest absolute Gasteiger partial charge is 0.241 e. The van der Waals surface area contributed by atoms with Crippen molar-refractivity contribution in [2.45, 2.75) is 6.54 Å². The first-order valence-electron chi connectivity index (χ1n) is 6.98. The predicted molar refractivity (Wildman–Crippen MR) is 89.2 cm³/mol. The van der Waals surface area contributed by atoms with E-state index in [2.05, 4.69) is 15.6 Å². The van der Waals surface area contributed by atoms with E-state index in [4.69, 9.17) is 16.3 Å². The van der Waals surface area contributed by atoms with Gasteiger partial charge in [0.2, 0.25) is 5.91 Å². The summed E-state index contributed by atoms with van der Waals surface area (Å²) in [6.07, 6.45) is 0. The van der Waals surface area contributed by atoms with Crippen LogP contribution in [-0.2, 0) is 16.1 Å². The highest BCUT2D eigenvalue weighted by molar-refractivity contribution is 6.30. The summed E-state index contributed by atoms with van der Waals surface area (Å²) >= 11 is 5.95. The monoisotopic (exact) mass is 326 g/mol. The Kier molecular flexibility index (Phi) is 8.32. The number of ether oxygens (including phenoxy) is 1. The predicted octanol–water partition coefficient (Wildman–Crippen LogP) is 1.11. The van der Waals surface area contributed by atoms with Crippen molar-refractivity contribution in [3.05, 3.63) is 34.9 Å². The average molecular weight is 327 g/mol. The first kappa shape index (κ1) is 18.3. The van der Waals surface area contributed by atoms with Crippen LogP contribution in [0.5, 0.6) is 0 Å². The lowest BCUT2D eigenvalue weighted by Crippen LogP contribution is -2.43. The number of rotatable bonds is 7. The Labute approximate surface area is 136 Å². The van der Waals surface area contributed by atoms with E-state index in [-0.39, 0.29) is 12.5 Å². The normalized spacial score (nSPS) is 11.2. The first-order valence-corrected chi connectivity index (χ1v) is 7.36. The Bertz CT molecular complexity index is 506. The second-order valence-electron chi connectivity index (χ2n) is 4.86. The molecule has 0 atom stereocenters. The molecule has 1 amide bonds. The number of carbonyl (C=O) groups excluding carboxylic acids is 1. The van der Waals surface area contributed by atoms with E-state index in [0.29, 0.717) is 30.7 Å². The number of nitrogens with one attached hydrogen (secondary N) is 2. The summed E-state index contributed by atoms with van der Waals surface area (Å²) < 4.78 is 5.00. The van der Waals surface area contributed by atoms with E-state index >= 15 is 0 Å². The van der Waals surface area contributed by atoms with Crippen LogP contribution in [0.4, 0.5) is 0 Å². The second kappa shape index (κ2) is 10.0. The van der Waals surface area contributed by atoms with Gasteiger partial charge in [0, 0.05) is 32.8 Å². The number of guanidine groups is 1. The first-order chi connectivity index (χ1) is 10.5. The van der Waals surface area contributed by atoms with E-state index in [1.165, 1.54) is 4.90 Å². The second-order valence-corrected chi connectivity index (χ2v) is 5.29. The van der Waals surface area contributed by atoms with Crippen molar-refractivity contribution in [1.82, 2.24) is 15.5 Å². The fourth-order valence-electron chi connectivity index (χ4n) is 1.57. The van der Waals surface area contributed by atoms with Crippen molar-refractivity contribution >= 4 is 23.5 Å². The average Bonchev–Trinajstić information content (AvgIpc) is 2.49. The summed E-state index contributed by atoms with van der Waals surface area (Å²) in [5.74, 6) is 0.538. The minimum absolute atomic E-state index is 0.0241. The third kappa shape index (κ3) is 7.28. The fraction of sp³-hybridized carbons (Fsp3) is 0.467. The van der Waals surface area contributed by atoms with Gasteiger partial charge in [-0.2, -0.15) is 0 Å². The molecule has 0 heterocycles. The van der Waals surface area contributed by atoms with Crippen LogP contribution < -0.4 is 10.6 Å². The van der Waals surface area contributed by atoms with Crippen molar-refractivity contribution in [1.29, 1.82) is 0 Å². The summed E-state index contributed by atoms with van der Waals surface area (Å²) in [6, 6.07) is 7.52. The van der Waals surface area contributed by atoms with Gasteiger partial charge in [0.15, 0.2) is 5.96 Å². The Hall–Kier alpha value is -1.79. The Balaban J connectivity index is 2.62. The van der Waals surface area contributed by atoms with E-state index in [0.717, 1.165) is 5.56 Å². The van der Waals surface area contributed by atoms with Crippen molar-refractivity contribution in [2.24, 2.45) is 4.99 Å². The molecule has 0 aromatic heterocycles. The topological polar surface area (TPSA) is 66.0 Å². The van der Waals surface area contributed by atoms with Gasteiger partial charge in [-0.1, -0.05) is 23.7 Å². The van der Waals surface area contributed by atoms with E-state index < -0.39 is 0 Å². The molecule has 0 aliphatic carbocycles. The molecule has 0 unspecified atom stereocenters. The third-order valence-corrected chi connectivity index (χ3v) is 3.05. The molecule has 6 nitrogen and oxygen atoms in total. The van der Waals surface area contributed by atoms with Gasteiger partial charge in [-0.3, -0.25) is 4.79 Å². The van der Waals surface area contributed by atoms with Gasteiger partial charge in [0.1, 0.15) is 0 Å². The molecule has 2 N–H and O–H groups in total. The van der Waals surface area contributed by atoms with Crippen LogP contribution in [-0.4, -0.2) is 57.7 Å². The molecule has 0 fully saturated rings. The number of hydrogen-bond acceptors (Lipinski definition) is 3. The maximum absolute atomic E-state index is 11.6. The van der Waals surface area contributed by atoms with Gasteiger partial charge in [-0.15, -0.1) is 0 Å². The Morgan fingerprint density at radius 2 is 2.14 bits per heavy atom. The van der Waals surface area contributed by atoms with Crippen LogP contribution in [0.3, 0.4) is 0 Å². The number of benzene rings is 1. The summed E-state index contributed by atoms with van der Waals surface area (Å²) in [4.78, 5) is 17.6. The van der Waals surface area contributed by atoms with Crippen LogP contribution >= 0.6 is 11.6 Å². The van der Waals surface area contributed by atoms with E-state index in [9.17, 15) is 4.79 Å². The number of nitrogens with zero attached hydrogens (tertiary/aromatic N) is 2. The van der Waals surface area contributed by atoms with Crippen molar-refractivity contribution in [3.63, 3.8) is 0 Å². The Morgan fingerprint density at radius 1 is 1.36 bits per heavy atom. The molecular formula is C15H23ClN4O2. The molecule has 0 aliphatic heterocycles. The van der Waals surface area contributed by atoms with Gasteiger partial charge in [0.25, 0.3) is 0 Å². The zero-order chi connectivity index (χ0) is 16.4. The number of hydrogen-bond donors (Lipinski definition) is 2. The lowest BCUT2D eigenvalue weighted by atomic mass is 10.2.